The van der Waals surface area contributed by atoms with E-state index in [1.54, 1.807) is 6.26 Å². The molecule has 13 heavy (non-hydrogen) atoms. The molecule has 0 radical (unpaired) electrons. The number of hydrogen-bond acceptors (Lipinski definition) is 2. The third-order valence-corrected chi connectivity index (χ3v) is 2.08. The maximum absolute atomic E-state index is 5.28. The van der Waals surface area contributed by atoms with Crippen LogP contribution in [-0.4, -0.2) is 13.4 Å². The van der Waals surface area contributed by atoms with Crippen LogP contribution in [0.3, 0.4) is 0 Å². The molecule has 1 aliphatic rings. The standard InChI is InChI=1S/C11H12O2/c1-2-4-10(5-3-1)11-6-7-12-9-13-8-11/h1-7,11H,8-9H2/t11-/m0/s1. The van der Waals surface area contributed by atoms with Crippen molar-refractivity contribution in [2.45, 2.75) is 5.92 Å². The Balaban J connectivity index is 2.15. The summed E-state index contributed by atoms with van der Waals surface area (Å²) in [5, 5.41) is 0. The summed E-state index contributed by atoms with van der Waals surface area (Å²) < 4.78 is 10.3. The van der Waals surface area contributed by atoms with Crippen molar-refractivity contribution in [2.75, 3.05) is 13.4 Å². The van der Waals surface area contributed by atoms with E-state index in [9.17, 15) is 0 Å². The highest BCUT2D eigenvalue weighted by molar-refractivity contribution is 5.23. The van der Waals surface area contributed by atoms with Crippen molar-refractivity contribution in [2.24, 2.45) is 0 Å². The van der Waals surface area contributed by atoms with Crippen LogP contribution in [0.15, 0.2) is 42.7 Å². The van der Waals surface area contributed by atoms with Gasteiger partial charge in [0.2, 0.25) is 0 Å². The molecule has 0 saturated carbocycles. The lowest BCUT2D eigenvalue weighted by Gasteiger charge is -2.09. The van der Waals surface area contributed by atoms with Gasteiger partial charge in [-0.2, -0.15) is 0 Å². The molecule has 0 saturated heterocycles. The fourth-order valence-corrected chi connectivity index (χ4v) is 1.38. The smallest absolute Gasteiger partial charge is 0.188 e. The molecule has 0 fully saturated rings. The van der Waals surface area contributed by atoms with Gasteiger partial charge in [-0.05, 0) is 11.6 Å². The maximum Gasteiger partial charge on any atom is 0.188 e. The summed E-state index contributed by atoms with van der Waals surface area (Å²) in [4.78, 5) is 0. The van der Waals surface area contributed by atoms with E-state index in [0.717, 1.165) is 0 Å². The Morgan fingerprint density at radius 1 is 1.15 bits per heavy atom. The van der Waals surface area contributed by atoms with Crippen molar-refractivity contribution in [1.82, 2.24) is 0 Å². The van der Waals surface area contributed by atoms with Gasteiger partial charge in [0.05, 0.1) is 12.9 Å². The summed E-state index contributed by atoms with van der Waals surface area (Å²) in [6, 6.07) is 10.3. The van der Waals surface area contributed by atoms with Gasteiger partial charge in [0.25, 0.3) is 0 Å². The van der Waals surface area contributed by atoms with Crippen molar-refractivity contribution >= 4 is 0 Å². The molecule has 0 aliphatic carbocycles. The van der Waals surface area contributed by atoms with Gasteiger partial charge in [-0.15, -0.1) is 0 Å². The van der Waals surface area contributed by atoms with Crippen molar-refractivity contribution in [3.63, 3.8) is 0 Å². The first kappa shape index (κ1) is 8.32. The third-order valence-electron chi connectivity index (χ3n) is 2.08. The van der Waals surface area contributed by atoms with Crippen molar-refractivity contribution in [3.05, 3.63) is 48.2 Å². The van der Waals surface area contributed by atoms with Gasteiger partial charge >= 0.3 is 0 Å². The molecule has 0 spiro atoms. The second kappa shape index (κ2) is 4.10. The van der Waals surface area contributed by atoms with Crippen LogP contribution in [0.1, 0.15) is 11.5 Å². The van der Waals surface area contributed by atoms with E-state index in [1.807, 2.05) is 24.3 Å². The van der Waals surface area contributed by atoms with Crippen LogP contribution < -0.4 is 0 Å². The first-order valence-corrected chi connectivity index (χ1v) is 4.38. The van der Waals surface area contributed by atoms with Crippen LogP contribution in [-0.2, 0) is 9.47 Å². The molecule has 68 valence electrons. The SMILES string of the molecule is C1=C[C@H](c2ccccc2)COCO1. The molecule has 1 aromatic carbocycles. The van der Waals surface area contributed by atoms with Gasteiger partial charge in [-0.25, -0.2) is 0 Å². The Kier molecular flexibility index (Phi) is 2.62. The number of rotatable bonds is 1. The Bertz CT molecular complexity index is 279. The Morgan fingerprint density at radius 2 is 2.00 bits per heavy atom. The van der Waals surface area contributed by atoms with E-state index in [-0.39, 0.29) is 0 Å². The van der Waals surface area contributed by atoms with Crippen molar-refractivity contribution in [1.29, 1.82) is 0 Å². The van der Waals surface area contributed by atoms with Gasteiger partial charge in [0.1, 0.15) is 0 Å². The summed E-state index contributed by atoms with van der Waals surface area (Å²) in [7, 11) is 0. The van der Waals surface area contributed by atoms with Gasteiger partial charge < -0.3 is 9.47 Å². The fourth-order valence-electron chi connectivity index (χ4n) is 1.38. The zero-order chi connectivity index (χ0) is 8.93. The quantitative estimate of drug-likeness (QED) is 0.653. The second-order valence-corrected chi connectivity index (χ2v) is 3.00. The summed E-state index contributed by atoms with van der Waals surface area (Å²) in [5.74, 6) is 0.323. The van der Waals surface area contributed by atoms with Gasteiger partial charge in [-0.3, -0.25) is 0 Å². The van der Waals surface area contributed by atoms with Crippen LogP contribution in [0.2, 0.25) is 0 Å². The van der Waals surface area contributed by atoms with Gasteiger partial charge in [0.15, 0.2) is 6.79 Å². The highest BCUT2D eigenvalue weighted by Crippen LogP contribution is 2.18. The van der Waals surface area contributed by atoms with Crippen LogP contribution in [0, 0.1) is 0 Å². The molecular weight excluding hydrogens is 164 g/mol. The first-order chi connectivity index (χ1) is 6.47. The highest BCUT2D eigenvalue weighted by atomic mass is 16.7. The molecule has 1 aromatic rings. The zero-order valence-corrected chi connectivity index (χ0v) is 7.35. The third kappa shape index (κ3) is 2.10. The van der Waals surface area contributed by atoms with Crippen LogP contribution in [0.25, 0.3) is 0 Å². The predicted octanol–water partition coefficient (Wildman–Crippen LogP) is 2.29. The first-order valence-electron chi connectivity index (χ1n) is 4.38. The second-order valence-electron chi connectivity index (χ2n) is 3.00. The number of benzene rings is 1. The lowest BCUT2D eigenvalue weighted by Crippen LogP contribution is -2.03. The topological polar surface area (TPSA) is 18.5 Å². The van der Waals surface area contributed by atoms with E-state index < -0.39 is 0 Å². The van der Waals surface area contributed by atoms with E-state index in [1.165, 1.54) is 5.56 Å². The summed E-state index contributed by atoms with van der Waals surface area (Å²) >= 11 is 0. The van der Waals surface area contributed by atoms with E-state index >= 15 is 0 Å². The molecule has 2 rings (SSSR count). The Labute approximate surface area is 77.8 Å². The summed E-state index contributed by atoms with van der Waals surface area (Å²) in [5.41, 5.74) is 1.27. The number of hydrogen-bond donors (Lipinski definition) is 0. The molecule has 1 aliphatic heterocycles. The molecule has 1 heterocycles. The lowest BCUT2D eigenvalue weighted by atomic mass is 10.0. The minimum atomic E-state index is 0.323. The average molecular weight is 176 g/mol. The Hall–Kier alpha value is -1.28. The van der Waals surface area contributed by atoms with Gasteiger partial charge in [-0.1, -0.05) is 30.3 Å². The van der Waals surface area contributed by atoms with Crippen molar-refractivity contribution < 1.29 is 9.47 Å². The predicted molar refractivity (Wildman–Crippen MR) is 50.2 cm³/mol. The summed E-state index contributed by atoms with van der Waals surface area (Å²) in [6.45, 7) is 1.06. The maximum atomic E-state index is 5.28. The van der Waals surface area contributed by atoms with Crippen LogP contribution in [0.5, 0.6) is 0 Å². The zero-order valence-electron chi connectivity index (χ0n) is 7.35. The normalized spacial score (nSPS) is 22.0. The Morgan fingerprint density at radius 3 is 2.85 bits per heavy atom. The fraction of sp³-hybridized carbons (Fsp3) is 0.273. The average Bonchev–Trinajstić information content (AvgIpc) is 2.47. The molecule has 0 N–H and O–H groups in total. The van der Waals surface area contributed by atoms with E-state index in [2.05, 4.69) is 12.1 Å². The van der Waals surface area contributed by atoms with Crippen molar-refractivity contribution in [3.8, 4) is 0 Å². The van der Waals surface area contributed by atoms with Crippen LogP contribution >= 0.6 is 0 Å². The minimum absolute atomic E-state index is 0.323. The highest BCUT2D eigenvalue weighted by Gasteiger charge is 2.09. The molecule has 0 amide bonds. The van der Waals surface area contributed by atoms with Crippen LogP contribution in [0.4, 0.5) is 0 Å². The summed E-state index contributed by atoms with van der Waals surface area (Å²) in [6.07, 6.45) is 3.74. The van der Waals surface area contributed by atoms with Gasteiger partial charge in [0, 0.05) is 5.92 Å². The largest absolute Gasteiger partial charge is 0.475 e. The van der Waals surface area contributed by atoms with E-state index in [0.29, 0.717) is 19.3 Å². The molecule has 0 aromatic heterocycles. The van der Waals surface area contributed by atoms with E-state index in [4.69, 9.17) is 9.47 Å². The molecule has 2 heteroatoms. The monoisotopic (exact) mass is 176 g/mol. The molecular formula is C11H12O2. The molecule has 0 bridgehead atoms. The lowest BCUT2D eigenvalue weighted by molar-refractivity contribution is -0.00474. The number of ether oxygens (including phenoxy) is 2. The molecule has 2 nitrogen and oxygen atoms in total. The molecule has 0 unspecified atom stereocenters. The minimum Gasteiger partial charge on any atom is -0.475 e. The molecule has 1 atom stereocenters.